The molecule has 2 rings (SSSR count). The third-order valence-electron chi connectivity index (χ3n) is 3.68. The highest BCUT2D eigenvalue weighted by Gasteiger charge is 2.32. The molecule has 1 aromatic rings. The molecule has 0 saturated heterocycles. The highest BCUT2D eigenvalue weighted by Crippen LogP contribution is 2.27. The van der Waals surface area contributed by atoms with Crippen LogP contribution in [-0.2, 0) is 0 Å². The number of nitrogens with one attached hydrogen (secondary N) is 2. The lowest BCUT2D eigenvalue weighted by Crippen LogP contribution is -2.38. The van der Waals surface area contributed by atoms with Gasteiger partial charge in [0.15, 0.2) is 0 Å². The van der Waals surface area contributed by atoms with Crippen LogP contribution in [-0.4, -0.2) is 42.3 Å². The summed E-state index contributed by atoms with van der Waals surface area (Å²) in [5.41, 5.74) is 1.96. The van der Waals surface area contributed by atoms with E-state index in [4.69, 9.17) is 5.11 Å². The molecule has 3 N–H and O–H groups in total. The van der Waals surface area contributed by atoms with Crippen LogP contribution in [0.5, 0.6) is 0 Å². The van der Waals surface area contributed by atoms with E-state index in [2.05, 4.69) is 17.6 Å². The largest absolute Gasteiger partial charge is 0.395 e. The molecule has 0 heterocycles. The number of rotatable bonds is 6. The van der Waals surface area contributed by atoms with Crippen LogP contribution in [0.4, 0.5) is 10.5 Å². The number of urea groups is 1. The molecule has 2 amide bonds. The Bertz CT molecular complexity index is 443. The Morgan fingerprint density at radius 3 is 2.55 bits per heavy atom. The molecule has 0 bridgehead atoms. The summed E-state index contributed by atoms with van der Waals surface area (Å²) in [5, 5.41) is 15.1. The molecule has 20 heavy (non-hydrogen) atoms. The lowest BCUT2D eigenvalue weighted by molar-refractivity contribution is 0.185. The van der Waals surface area contributed by atoms with Gasteiger partial charge in [0.25, 0.3) is 0 Å². The number of nitrogens with zero attached hydrogens (tertiary/aromatic N) is 1. The number of amides is 2. The molecule has 1 fully saturated rings. The maximum absolute atomic E-state index is 12.2. The Morgan fingerprint density at radius 2 is 2.05 bits per heavy atom. The van der Waals surface area contributed by atoms with E-state index in [9.17, 15) is 4.79 Å². The molecule has 0 aromatic heterocycles. The molecule has 0 radical (unpaired) electrons. The highest BCUT2D eigenvalue weighted by molar-refractivity contribution is 5.89. The number of aliphatic hydroxyl groups is 1. The third kappa shape index (κ3) is 3.71. The number of hydrogen-bond donors (Lipinski definition) is 3. The van der Waals surface area contributed by atoms with Crippen molar-refractivity contribution in [3.8, 4) is 0 Å². The van der Waals surface area contributed by atoms with Gasteiger partial charge in [0.1, 0.15) is 0 Å². The monoisotopic (exact) mass is 277 g/mol. The van der Waals surface area contributed by atoms with Crippen molar-refractivity contribution in [1.29, 1.82) is 0 Å². The summed E-state index contributed by atoms with van der Waals surface area (Å²) in [4.78, 5) is 13.9. The molecule has 5 heteroatoms. The van der Waals surface area contributed by atoms with E-state index in [0.29, 0.717) is 12.6 Å². The first-order valence-electron chi connectivity index (χ1n) is 7.11. The fourth-order valence-corrected chi connectivity index (χ4v) is 2.16. The summed E-state index contributed by atoms with van der Waals surface area (Å²) in [6.07, 6.45) is 2.07. The van der Waals surface area contributed by atoms with Crippen molar-refractivity contribution in [3.05, 3.63) is 29.8 Å². The first kappa shape index (κ1) is 14.8. The van der Waals surface area contributed by atoms with Crippen LogP contribution in [0.15, 0.2) is 24.3 Å². The molecule has 1 saturated carbocycles. The van der Waals surface area contributed by atoms with Crippen molar-refractivity contribution >= 4 is 11.7 Å². The van der Waals surface area contributed by atoms with Gasteiger partial charge in [0.05, 0.1) is 6.61 Å². The number of carbonyl (C=O) groups excluding carboxylic acids is 1. The molecule has 110 valence electrons. The number of hydrogen-bond acceptors (Lipinski definition) is 3. The smallest absolute Gasteiger partial charge is 0.322 e. The lowest BCUT2D eigenvalue weighted by atomic mass is 10.1. The second kappa shape index (κ2) is 6.72. The number of aliphatic hydroxyl groups excluding tert-OH is 1. The molecule has 0 spiro atoms. The molecular formula is C15H23N3O2. The van der Waals surface area contributed by atoms with E-state index in [1.165, 1.54) is 5.56 Å². The number of carbonyl (C=O) groups is 1. The average molecular weight is 277 g/mol. The van der Waals surface area contributed by atoms with Gasteiger partial charge in [-0.25, -0.2) is 4.79 Å². The minimum Gasteiger partial charge on any atom is -0.395 e. The van der Waals surface area contributed by atoms with E-state index in [1.54, 1.807) is 4.90 Å². The standard InChI is InChI=1S/C15H23N3O2/c1-11(16-2)12-3-5-13(6-4-12)17-15(20)18(9-10-19)14-7-8-14/h3-6,11,14,16,19H,7-10H2,1-2H3,(H,17,20). The number of anilines is 1. The summed E-state index contributed by atoms with van der Waals surface area (Å²) < 4.78 is 0. The molecule has 1 aliphatic rings. The summed E-state index contributed by atoms with van der Waals surface area (Å²) in [6.45, 7) is 2.48. The number of benzene rings is 1. The Balaban J connectivity index is 1.96. The Kier molecular flexibility index (Phi) is 4.98. The maximum atomic E-state index is 12.2. The van der Waals surface area contributed by atoms with Gasteiger partial charge in [-0.1, -0.05) is 12.1 Å². The van der Waals surface area contributed by atoms with E-state index < -0.39 is 0 Å². The normalized spacial score (nSPS) is 15.8. The van der Waals surface area contributed by atoms with Crippen LogP contribution < -0.4 is 10.6 Å². The van der Waals surface area contributed by atoms with Gasteiger partial charge < -0.3 is 20.6 Å². The van der Waals surface area contributed by atoms with Crippen molar-refractivity contribution in [3.63, 3.8) is 0 Å². The molecular weight excluding hydrogens is 254 g/mol. The van der Waals surface area contributed by atoms with Crippen molar-refractivity contribution < 1.29 is 9.90 Å². The quantitative estimate of drug-likeness (QED) is 0.744. The fraction of sp³-hybridized carbons (Fsp3) is 0.533. The van der Waals surface area contributed by atoms with Gasteiger partial charge in [-0.05, 0) is 44.5 Å². The van der Waals surface area contributed by atoms with Crippen LogP contribution in [0.1, 0.15) is 31.4 Å². The van der Waals surface area contributed by atoms with Crippen LogP contribution in [0.3, 0.4) is 0 Å². The van der Waals surface area contributed by atoms with Gasteiger partial charge in [0.2, 0.25) is 0 Å². The molecule has 1 aliphatic carbocycles. The van der Waals surface area contributed by atoms with Gasteiger partial charge >= 0.3 is 6.03 Å². The topological polar surface area (TPSA) is 64.6 Å². The minimum atomic E-state index is -0.129. The summed E-state index contributed by atoms with van der Waals surface area (Å²) in [6, 6.07) is 8.28. The average Bonchev–Trinajstić information content (AvgIpc) is 3.29. The molecule has 1 atom stereocenters. The van der Waals surface area contributed by atoms with Crippen LogP contribution in [0, 0.1) is 0 Å². The van der Waals surface area contributed by atoms with Crippen molar-refractivity contribution in [2.24, 2.45) is 0 Å². The van der Waals surface area contributed by atoms with Crippen molar-refractivity contribution in [2.45, 2.75) is 31.8 Å². The molecule has 5 nitrogen and oxygen atoms in total. The van der Waals surface area contributed by atoms with Crippen LogP contribution in [0.2, 0.25) is 0 Å². The minimum absolute atomic E-state index is 0.00252. The zero-order valence-corrected chi connectivity index (χ0v) is 12.1. The molecule has 0 aliphatic heterocycles. The van der Waals surface area contributed by atoms with E-state index >= 15 is 0 Å². The van der Waals surface area contributed by atoms with Crippen molar-refractivity contribution in [1.82, 2.24) is 10.2 Å². The lowest BCUT2D eigenvalue weighted by Gasteiger charge is -2.22. The van der Waals surface area contributed by atoms with Crippen molar-refractivity contribution in [2.75, 3.05) is 25.5 Å². The second-order valence-corrected chi connectivity index (χ2v) is 5.21. The fourth-order valence-electron chi connectivity index (χ4n) is 2.16. The Hall–Kier alpha value is -1.59. The van der Waals surface area contributed by atoms with Crippen LogP contribution >= 0.6 is 0 Å². The second-order valence-electron chi connectivity index (χ2n) is 5.21. The van der Waals surface area contributed by atoms with Gasteiger partial charge in [-0.15, -0.1) is 0 Å². The van der Waals surface area contributed by atoms with E-state index in [1.807, 2.05) is 31.3 Å². The van der Waals surface area contributed by atoms with E-state index in [0.717, 1.165) is 18.5 Å². The van der Waals surface area contributed by atoms with Crippen LogP contribution in [0.25, 0.3) is 0 Å². The molecule has 1 aromatic carbocycles. The first-order valence-corrected chi connectivity index (χ1v) is 7.11. The zero-order valence-electron chi connectivity index (χ0n) is 12.1. The third-order valence-corrected chi connectivity index (χ3v) is 3.68. The predicted octanol–water partition coefficient (Wildman–Crippen LogP) is 1.96. The van der Waals surface area contributed by atoms with E-state index in [-0.39, 0.29) is 18.7 Å². The SMILES string of the molecule is CNC(C)c1ccc(NC(=O)N(CCO)C2CC2)cc1. The Morgan fingerprint density at radius 1 is 1.40 bits per heavy atom. The summed E-state index contributed by atoms with van der Waals surface area (Å²) >= 11 is 0. The summed E-state index contributed by atoms with van der Waals surface area (Å²) in [7, 11) is 1.92. The van der Waals surface area contributed by atoms with Gasteiger partial charge in [-0.3, -0.25) is 0 Å². The predicted molar refractivity (Wildman–Crippen MR) is 79.7 cm³/mol. The van der Waals surface area contributed by atoms with Gasteiger partial charge in [-0.2, -0.15) is 0 Å². The van der Waals surface area contributed by atoms with Gasteiger partial charge in [0, 0.05) is 24.3 Å². The Labute approximate surface area is 120 Å². The highest BCUT2D eigenvalue weighted by atomic mass is 16.3. The molecule has 1 unspecified atom stereocenters. The zero-order chi connectivity index (χ0) is 14.5. The first-order chi connectivity index (χ1) is 9.65. The maximum Gasteiger partial charge on any atom is 0.322 e. The summed E-state index contributed by atoms with van der Waals surface area (Å²) in [5.74, 6) is 0.